The van der Waals surface area contributed by atoms with Gasteiger partial charge in [-0.15, -0.1) is 0 Å². The molecule has 0 aliphatic carbocycles. The van der Waals surface area contributed by atoms with Crippen molar-refractivity contribution >= 4 is 17.9 Å². The second kappa shape index (κ2) is 9.29. The fourth-order valence-corrected chi connectivity index (χ4v) is 4.09. The van der Waals surface area contributed by atoms with Crippen LogP contribution in [0.2, 0.25) is 0 Å². The van der Waals surface area contributed by atoms with Gasteiger partial charge in [0.2, 0.25) is 0 Å². The van der Waals surface area contributed by atoms with E-state index in [9.17, 15) is 4.79 Å². The summed E-state index contributed by atoms with van der Waals surface area (Å²) in [6.45, 7) is 14.3. The van der Waals surface area contributed by atoms with Gasteiger partial charge in [-0.05, 0) is 64.7 Å². The van der Waals surface area contributed by atoms with Crippen LogP contribution in [0.25, 0.3) is 6.08 Å². The Balaban J connectivity index is 1.97. The lowest BCUT2D eigenvalue weighted by molar-refractivity contribution is 0.0258. The molecule has 30 heavy (non-hydrogen) atoms. The molecule has 1 aromatic rings. The van der Waals surface area contributed by atoms with Crippen LogP contribution >= 0.6 is 0 Å². The summed E-state index contributed by atoms with van der Waals surface area (Å²) in [5, 5.41) is 0. The first-order valence-electron chi connectivity index (χ1n) is 10.9. The van der Waals surface area contributed by atoms with Crippen molar-refractivity contribution in [2.45, 2.75) is 53.1 Å². The number of nitrogens with zero attached hydrogens (tertiary/aromatic N) is 2. The number of fused-ring (bicyclic) bond motifs is 2. The molecule has 6 heteroatoms. The van der Waals surface area contributed by atoms with E-state index in [2.05, 4.69) is 30.9 Å². The summed E-state index contributed by atoms with van der Waals surface area (Å²) >= 11 is 0. The largest absolute Gasteiger partial charge is 0.490 e. The van der Waals surface area contributed by atoms with Gasteiger partial charge in [-0.2, -0.15) is 0 Å². The van der Waals surface area contributed by atoms with E-state index in [0.29, 0.717) is 26.3 Å². The van der Waals surface area contributed by atoms with Crippen molar-refractivity contribution < 1.29 is 19.0 Å². The molecule has 3 rings (SSSR count). The van der Waals surface area contributed by atoms with E-state index in [-0.39, 0.29) is 6.09 Å². The van der Waals surface area contributed by atoms with Crippen molar-refractivity contribution in [2.75, 3.05) is 51.4 Å². The highest BCUT2D eigenvalue weighted by molar-refractivity contribution is 5.79. The van der Waals surface area contributed by atoms with Gasteiger partial charge >= 0.3 is 6.09 Å². The Morgan fingerprint density at radius 1 is 1.20 bits per heavy atom. The van der Waals surface area contributed by atoms with Crippen molar-refractivity contribution in [1.82, 2.24) is 4.90 Å². The van der Waals surface area contributed by atoms with E-state index in [1.165, 1.54) is 22.3 Å². The van der Waals surface area contributed by atoms with E-state index in [1.807, 2.05) is 25.7 Å². The average Bonchev–Trinajstić information content (AvgIpc) is 2.87. The normalized spacial score (nSPS) is 16.2. The highest BCUT2D eigenvalue weighted by Crippen LogP contribution is 2.41. The number of rotatable bonds is 4. The number of ether oxygens (including phenoxy) is 3. The summed E-state index contributed by atoms with van der Waals surface area (Å²) in [4.78, 5) is 16.9. The lowest BCUT2D eigenvalue weighted by Gasteiger charge is -2.34. The molecular formula is C24H36N2O4. The predicted octanol–water partition coefficient (Wildman–Crippen LogP) is 4.29. The number of methoxy groups -OCH3 is 1. The van der Waals surface area contributed by atoms with Gasteiger partial charge in [0.05, 0.1) is 18.8 Å². The van der Waals surface area contributed by atoms with Crippen LogP contribution in [-0.2, 0) is 22.3 Å². The maximum absolute atomic E-state index is 12.7. The summed E-state index contributed by atoms with van der Waals surface area (Å²) < 4.78 is 17.0. The van der Waals surface area contributed by atoms with Gasteiger partial charge in [-0.3, -0.25) is 0 Å². The highest BCUT2D eigenvalue weighted by Gasteiger charge is 2.29. The molecule has 0 saturated carbocycles. The van der Waals surface area contributed by atoms with Crippen molar-refractivity contribution in [2.24, 2.45) is 0 Å². The van der Waals surface area contributed by atoms with Gasteiger partial charge < -0.3 is 24.0 Å². The van der Waals surface area contributed by atoms with Gasteiger partial charge in [-0.25, -0.2) is 4.79 Å². The number of carbonyl (C=O) groups is 1. The maximum atomic E-state index is 12.7. The molecule has 1 amide bonds. The predicted molar refractivity (Wildman–Crippen MR) is 121 cm³/mol. The number of amides is 1. The quantitative estimate of drug-likeness (QED) is 0.733. The first kappa shape index (κ1) is 22.5. The molecule has 2 heterocycles. The van der Waals surface area contributed by atoms with Gasteiger partial charge in [-0.1, -0.05) is 11.6 Å². The first-order valence-corrected chi connectivity index (χ1v) is 10.9. The number of carbonyl (C=O) groups excluding carboxylic acids is 1. The number of benzene rings is 1. The van der Waals surface area contributed by atoms with E-state index < -0.39 is 5.60 Å². The molecule has 166 valence electrons. The Morgan fingerprint density at radius 3 is 2.60 bits per heavy atom. The standard InChI is InChI=1S/C24H36N2O4/c1-17(2)15-20-19-8-10-26(23(27)30-24(3,4)5)9-7-18(19)16-21-22(20)25(11-13-28-6)12-14-29-21/h15-16H,7-14H2,1-6H3. The summed E-state index contributed by atoms with van der Waals surface area (Å²) in [7, 11) is 1.74. The molecule has 0 atom stereocenters. The zero-order valence-corrected chi connectivity index (χ0v) is 19.3. The smallest absolute Gasteiger partial charge is 0.410 e. The molecule has 1 aromatic carbocycles. The van der Waals surface area contributed by atoms with Crippen LogP contribution in [0.15, 0.2) is 11.6 Å². The minimum absolute atomic E-state index is 0.234. The average molecular weight is 417 g/mol. The Kier molecular flexibility index (Phi) is 6.96. The minimum Gasteiger partial charge on any atom is -0.490 e. The lowest BCUT2D eigenvalue weighted by Crippen LogP contribution is -2.38. The van der Waals surface area contributed by atoms with Crippen molar-refractivity contribution in [3.05, 3.63) is 28.3 Å². The van der Waals surface area contributed by atoms with Crippen LogP contribution < -0.4 is 9.64 Å². The van der Waals surface area contributed by atoms with Crippen LogP contribution in [0.4, 0.5) is 10.5 Å². The third kappa shape index (κ3) is 5.28. The topological polar surface area (TPSA) is 51.2 Å². The third-order valence-corrected chi connectivity index (χ3v) is 5.37. The summed E-state index contributed by atoms with van der Waals surface area (Å²) in [6, 6.07) is 2.19. The molecular weight excluding hydrogens is 380 g/mol. The molecule has 2 aliphatic heterocycles. The molecule has 0 radical (unpaired) electrons. The Hall–Kier alpha value is -2.21. The van der Waals surface area contributed by atoms with Crippen molar-refractivity contribution in [3.63, 3.8) is 0 Å². The zero-order valence-electron chi connectivity index (χ0n) is 19.3. The zero-order chi connectivity index (χ0) is 21.9. The monoisotopic (exact) mass is 416 g/mol. The highest BCUT2D eigenvalue weighted by atomic mass is 16.6. The van der Waals surface area contributed by atoms with Crippen LogP contribution in [0.5, 0.6) is 5.75 Å². The van der Waals surface area contributed by atoms with Gasteiger partial charge in [0.1, 0.15) is 18.0 Å². The fourth-order valence-electron chi connectivity index (χ4n) is 4.09. The van der Waals surface area contributed by atoms with Crippen LogP contribution in [0, 0.1) is 0 Å². The summed E-state index contributed by atoms with van der Waals surface area (Å²) in [5.74, 6) is 0.939. The van der Waals surface area contributed by atoms with Crippen molar-refractivity contribution in [1.29, 1.82) is 0 Å². The Bertz CT molecular complexity index is 806. The van der Waals surface area contributed by atoms with Crippen molar-refractivity contribution in [3.8, 4) is 5.75 Å². The van der Waals surface area contributed by atoms with Crippen LogP contribution in [0.1, 0.15) is 51.3 Å². The molecule has 2 aliphatic rings. The lowest BCUT2D eigenvalue weighted by atomic mass is 9.92. The minimum atomic E-state index is -0.488. The van der Waals surface area contributed by atoms with Gasteiger partial charge in [0.15, 0.2) is 0 Å². The SMILES string of the molecule is COCCN1CCOc2cc3c(c(C=C(C)C)c21)CCN(C(=O)OC(C)(C)C)CC3. The molecule has 0 bridgehead atoms. The molecule has 0 saturated heterocycles. The summed E-state index contributed by atoms with van der Waals surface area (Å²) in [5.41, 5.74) is 5.72. The Labute approximate surface area is 180 Å². The second-order valence-corrected chi connectivity index (χ2v) is 9.29. The molecule has 0 aromatic heterocycles. The number of anilines is 1. The van der Waals surface area contributed by atoms with E-state index in [0.717, 1.165) is 37.4 Å². The van der Waals surface area contributed by atoms with Crippen LogP contribution in [-0.4, -0.2) is 63.1 Å². The summed E-state index contributed by atoms with van der Waals surface area (Å²) in [6.07, 6.45) is 3.63. The molecule has 0 N–H and O–H groups in total. The number of hydrogen-bond donors (Lipinski definition) is 0. The number of hydrogen-bond acceptors (Lipinski definition) is 5. The van der Waals surface area contributed by atoms with E-state index in [1.54, 1.807) is 7.11 Å². The Morgan fingerprint density at radius 2 is 1.93 bits per heavy atom. The number of allylic oxidation sites excluding steroid dienone is 1. The molecule has 6 nitrogen and oxygen atoms in total. The van der Waals surface area contributed by atoms with Crippen LogP contribution in [0.3, 0.4) is 0 Å². The molecule has 0 fully saturated rings. The van der Waals surface area contributed by atoms with Gasteiger partial charge in [0.25, 0.3) is 0 Å². The molecule has 0 unspecified atom stereocenters. The third-order valence-electron chi connectivity index (χ3n) is 5.37. The fraction of sp³-hybridized carbons (Fsp3) is 0.625. The van der Waals surface area contributed by atoms with E-state index in [4.69, 9.17) is 14.2 Å². The second-order valence-electron chi connectivity index (χ2n) is 9.29. The molecule has 0 spiro atoms. The first-order chi connectivity index (χ1) is 14.2. The van der Waals surface area contributed by atoms with E-state index >= 15 is 0 Å². The van der Waals surface area contributed by atoms with Gasteiger partial charge in [0, 0.05) is 32.3 Å². The maximum Gasteiger partial charge on any atom is 0.410 e.